The number of benzene rings is 2. The highest BCUT2D eigenvalue weighted by Crippen LogP contribution is 2.41. The number of likely N-dealkylation sites (N-methyl/N-ethyl adjacent to an activating group) is 1. The summed E-state index contributed by atoms with van der Waals surface area (Å²) in [7, 11) is 5.17. The topological polar surface area (TPSA) is 90.3 Å². The summed E-state index contributed by atoms with van der Waals surface area (Å²) in [6, 6.07) is 12.5. The minimum Gasteiger partial charge on any atom is -0.507 e. The van der Waals surface area contributed by atoms with Crippen molar-refractivity contribution in [2.45, 2.75) is 6.04 Å². The Morgan fingerprint density at radius 2 is 1.83 bits per heavy atom. The predicted octanol–water partition coefficient (Wildman–Crippen LogP) is 2.38. The molecule has 1 atom stereocenters. The number of ketones is 1. The Hall–Kier alpha value is -3.32. The highest BCUT2D eigenvalue weighted by molar-refractivity contribution is 6.46. The third-order valence-corrected chi connectivity index (χ3v) is 4.89. The van der Waals surface area contributed by atoms with Gasteiger partial charge >= 0.3 is 0 Å². The van der Waals surface area contributed by atoms with E-state index in [0.29, 0.717) is 24.2 Å². The molecule has 1 amide bonds. The summed E-state index contributed by atoms with van der Waals surface area (Å²) in [5.74, 6) is -1.46. The van der Waals surface area contributed by atoms with Crippen LogP contribution in [0.4, 0.5) is 0 Å². The first-order chi connectivity index (χ1) is 13.8. The zero-order valence-corrected chi connectivity index (χ0v) is 16.6. The molecule has 1 heterocycles. The number of rotatable bonds is 6. The lowest BCUT2D eigenvalue weighted by Crippen LogP contribution is -2.35. The first-order valence-electron chi connectivity index (χ1n) is 9.20. The van der Waals surface area contributed by atoms with Crippen LogP contribution < -0.4 is 4.74 Å². The monoisotopic (exact) mass is 396 g/mol. The van der Waals surface area contributed by atoms with Gasteiger partial charge in [0.1, 0.15) is 5.76 Å². The van der Waals surface area contributed by atoms with E-state index in [1.54, 1.807) is 42.5 Å². The van der Waals surface area contributed by atoms with Crippen LogP contribution >= 0.6 is 0 Å². The number of Topliss-reactive ketones (excluding diaryl/α,β-unsaturated/α-hetero) is 1. The normalized spacial score (nSPS) is 18.5. The second kappa shape index (κ2) is 8.36. The van der Waals surface area contributed by atoms with E-state index < -0.39 is 17.7 Å². The van der Waals surface area contributed by atoms with Crippen molar-refractivity contribution in [3.05, 3.63) is 65.2 Å². The number of aromatic hydroxyl groups is 1. The summed E-state index contributed by atoms with van der Waals surface area (Å²) in [5.41, 5.74) is 1.04. The molecule has 2 aromatic carbocycles. The van der Waals surface area contributed by atoms with Gasteiger partial charge < -0.3 is 24.7 Å². The maximum atomic E-state index is 12.9. The summed E-state index contributed by atoms with van der Waals surface area (Å²) < 4.78 is 5.19. The Morgan fingerprint density at radius 1 is 1.14 bits per heavy atom. The van der Waals surface area contributed by atoms with Crippen LogP contribution in [0.15, 0.2) is 54.1 Å². The molecule has 1 saturated heterocycles. The molecular formula is C22H24N2O5. The molecule has 0 radical (unpaired) electrons. The number of ether oxygens (including phenoxy) is 1. The molecule has 7 nitrogen and oxygen atoms in total. The second-order valence-corrected chi connectivity index (χ2v) is 7.09. The maximum Gasteiger partial charge on any atom is 0.295 e. The molecule has 0 spiro atoms. The molecule has 152 valence electrons. The van der Waals surface area contributed by atoms with Crippen LogP contribution in [0.1, 0.15) is 17.2 Å². The fraction of sp³-hybridized carbons (Fsp3) is 0.273. The van der Waals surface area contributed by atoms with Crippen molar-refractivity contribution < 1.29 is 24.5 Å². The average molecular weight is 396 g/mol. The van der Waals surface area contributed by atoms with Gasteiger partial charge in [0.15, 0.2) is 11.5 Å². The zero-order chi connectivity index (χ0) is 21.1. The van der Waals surface area contributed by atoms with Gasteiger partial charge in [0, 0.05) is 18.7 Å². The minimum atomic E-state index is -0.787. The van der Waals surface area contributed by atoms with Gasteiger partial charge in [0.05, 0.1) is 18.7 Å². The standard InChI is InChI=1S/C22H24N2O5/c1-23(2)11-12-24-19(15-9-10-16(25)17(13-15)29-3)18(21(27)22(24)28)20(26)14-7-5-4-6-8-14/h4-10,13,19,25-26H,11-12H2,1-3H3/t19-/m0/s1. The number of aliphatic hydroxyl groups is 1. The zero-order valence-electron chi connectivity index (χ0n) is 16.6. The summed E-state index contributed by atoms with van der Waals surface area (Å²) >= 11 is 0. The number of nitrogens with zero attached hydrogens (tertiary/aromatic N) is 2. The van der Waals surface area contributed by atoms with Crippen molar-refractivity contribution in [1.82, 2.24) is 9.80 Å². The molecule has 0 bridgehead atoms. The summed E-state index contributed by atoms with van der Waals surface area (Å²) in [5, 5.41) is 20.8. The molecular weight excluding hydrogens is 372 g/mol. The molecule has 7 heteroatoms. The van der Waals surface area contributed by atoms with Crippen LogP contribution in [0, 0.1) is 0 Å². The molecule has 0 aromatic heterocycles. The fourth-order valence-corrected chi connectivity index (χ4v) is 3.38. The highest BCUT2D eigenvalue weighted by atomic mass is 16.5. The van der Waals surface area contributed by atoms with Gasteiger partial charge in [0.2, 0.25) is 0 Å². The Labute approximate surface area is 169 Å². The first kappa shape index (κ1) is 20.4. The van der Waals surface area contributed by atoms with E-state index in [0.717, 1.165) is 0 Å². The van der Waals surface area contributed by atoms with E-state index in [9.17, 15) is 19.8 Å². The number of hydrogen-bond acceptors (Lipinski definition) is 6. The van der Waals surface area contributed by atoms with Gasteiger partial charge in [0.25, 0.3) is 11.7 Å². The van der Waals surface area contributed by atoms with Gasteiger partial charge in [-0.15, -0.1) is 0 Å². The summed E-state index contributed by atoms with van der Waals surface area (Å²) in [4.78, 5) is 29.0. The number of hydrogen-bond donors (Lipinski definition) is 2. The van der Waals surface area contributed by atoms with Crippen LogP contribution in [-0.2, 0) is 9.59 Å². The molecule has 0 unspecified atom stereocenters. The molecule has 1 fully saturated rings. The number of methoxy groups -OCH3 is 1. The first-order valence-corrected chi connectivity index (χ1v) is 9.20. The second-order valence-electron chi connectivity index (χ2n) is 7.09. The maximum absolute atomic E-state index is 12.9. The van der Waals surface area contributed by atoms with Crippen LogP contribution in [0.25, 0.3) is 5.76 Å². The molecule has 1 aliphatic rings. The number of amides is 1. The van der Waals surface area contributed by atoms with Gasteiger partial charge in [-0.3, -0.25) is 9.59 Å². The van der Waals surface area contributed by atoms with Crippen LogP contribution in [0.5, 0.6) is 11.5 Å². The van der Waals surface area contributed by atoms with Gasteiger partial charge in [-0.1, -0.05) is 36.4 Å². The number of aliphatic hydroxyl groups excluding tert-OH is 1. The number of phenolic OH excluding ortho intramolecular Hbond substituents is 1. The quantitative estimate of drug-likeness (QED) is 0.443. The summed E-state index contributed by atoms with van der Waals surface area (Å²) in [6.45, 7) is 0.848. The van der Waals surface area contributed by atoms with Crippen LogP contribution in [0.2, 0.25) is 0 Å². The highest BCUT2D eigenvalue weighted by Gasteiger charge is 2.46. The van der Waals surface area contributed by atoms with Crippen molar-refractivity contribution in [3.8, 4) is 11.5 Å². The van der Waals surface area contributed by atoms with E-state index in [1.165, 1.54) is 18.1 Å². The lowest BCUT2D eigenvalue weighted by atomic mass is 9.95. The Balaban J connectivity index is 2.17. The molecule has 2 N–H and O–H groups in total. The van der Waals surface area contributed by atoms with Gasteiger partial charge in [-0.25, -0.2) is 0 Å². The fourth-order valence-electron chi connectivity index (χ4n) is 3.38. The predicted molar refractivity (Wildman–Crippen MR) is 109 cm³/mol. The third kappa shape index (κ3) is 3.95. The average Bonchev–Trinajstić information content (AvgIpc) is 2.97. The van der Waals surface area contributed by atoms with E-state index in [1.807, 2.05) is 19.0 Å². The largest absolute Gasteiger partial charge is 0.507 e. The lowest BCUT2D eigenvalue weighted by molar-refractivity contribution is -0.140. The molecule has 0 aliphatic carbocycles. The number of likely N-dealkylation sites (tertiary alicyclic amines) is 1. The minimum absolute atomic E-state index is 0.0210. The van der Waals surface area contributed by atoms with Crippen molar-refractivity contribution in [2.24, 2.45) is 0 Å². The molecule has 1 aliphatic heterocycles. The van der Waals surface area contributed by atoms with Crippen molar-refractivity contribution in [3.63, 3.8) is 0 Å². The van der Waals surface area contributed by atoms with E-state index in [-0.39, 0.29) is 22.8 Å². The van der Waals surface area contributed by atoms with Gasteiger partial charge in [-0.2, -0.15) is 0 Å². The van der Waals surface area contributed by atoms with Crippen LogP contribution in [-0.4, -0.2) is 66.0 Å². The van der Waals surface area contributed by atoms with E-state index >= 15 is 0 Å². The molecule has 2 aromatic rings. The molecule has 0 saturated carbocycles. The molecule has 3 rings (SSSR count). The van der Waals surface area contributed by atoms with E-state index in [2.05, 4.69) is 0 Å². The van der Waals surface area contributed by atoms with Crippen molar-refractivity contribution in [2.75, 3.05) is 34.3 Å². The van der Waals surface area contributed by atoms with Crippen molar-refractivity contribution >= 4 is 17.4 Å². The van der Waals surface area contributed by atoms with Crippen molar-refractivity contribution in [1.29, 1.82) is 0 Å². The summed E-state index contributed by atoms with van der Waals surface area (Å²) in [6.07, 6.45) is 0. The SMILES string of the molecule is COc1cc([C@H]2C(=C(O)c3ccccc3)C(=O)C(=O)N2CCN(C)C)ccc1O. The number of carbonyl (C=O) groups is 2. The third-order valence-electron chi connectivity index (χ3n) is 4.89. The van der Waals surface area contributed by atoms with E-state index in [4.69, 9.17) is 4.74 Å². The Morgan fingerprint density at radius 3 is 2.45 bits per heavy atom. The Bertz CT molecular complexity index is 953. The number of phenols is 1. The smallest absolute Gasteiger partial charge is 0.295 e. The lowest BCUT2D eigenvalue weighted by Gasteiger charge is -2.27. The molecule has 29 heavy (non-hydrogen) atoms. The number of carbonyl (C=O) groups excluding carboxylic acids is 2. The van der Waals surface area contributed by atoms with Crippen LogP contribution in [0.3, 0.4) is 0 Å². The Kier molecular flexibility index (Phi) is 5.89. The van der Waals surface area contributed by atoms with Gasteiger partial charge in [-0.05, 0) is 31.8 Å².